The van der Waals surface area contributed by atoms with Crippen LogP contribution in [0.5, 0.6) is 0 Å². The Hall–Kier alpha value is -0.310. The highest BCUT2D eigenvalue weighted by Crippen LogP contribution is 2.18. The molecule has 0 aliphatic carbocycles. The molecule has 0 rings (SSSR count). The van der Waals surface area contributed by atoms with Crippen molar-refractivity contribution in [2.75, 3.05) is 0 Å². The maximum absolute atomic E-state index is 10.2. The van der Waals surface area contributed by atoms with E-state index in [0.717, 1.165) is 25.7 Å². The molecule has 0 spiro atoms. The van der Waals surface area contributed by atoms with Crippen LogP contribution >= 0.6 is 0 Å². The van der Waals surface area contributed by atoms with E-state index in [0.29, 0.717) is 0 Å². The molecule has 0 aliphatic rings. The predicted molar refractivity (Wildman–Crippen MR) is 74.6 cm³/mol. The molecule has 2 nitrogen and oxygen atoms in total. The fraction of sp³-hybridized carbons (Fsp3) is 0.733. The van der Waals surface area contributed by atoms with Crippen LogP contribution in [-0.4, -0.2) is 16.7 Å². The largest absolute Gasteiger partial charge is 1.00 e. The molecule has 1 unspecified atom stereocenters. The summed E-state index contributed by atoms with van der Waals surface area (Å²) in [5.41, 5.74) is 6.55. The molecule has 0 aromatic heterocycles. The molecule has 0 aliphatic heterocycles. The zero-order valence-electron chi connectivity index (χ0n) is 12.6. The average molecular weight is 276 g/mol. The molecule has 18 heavy (non-hydrogen) atoms. The number of allylic oxidation sites excluding steroid dienone is 3. The Morgan fingerprint density at radius 3 is 2.11 bits per heavy atom. The van der Waals surface area contributed by atoms with Crippen LogP contribution in [0.1, 0.15) is 60.3 Å². The Balaban J connectivity index is 0. The molecule has 0 fully saturated rings. The first-order chi connectivity index (χ1) is 7.85. The van der Waals surface area contributed by atoms with Crippen LogP contribution < -0.4 is 18.1 Å². The second-order valence-electron chi connectivity index (χ2n) is 5.35. The van der Waals surface area contributed by atoms with Gasteiger partial charge in [0, 0.05) is 12.8 Å². The van der Waals surface area contributed by atoms with Crippen LogP contribution in [0.3, 0.4) is 0 Å². The lowest BCUT2D eigenvalue weighted by Gasteiger charge is -2.27. The minimum absolute atomic E-state index is 0. The van der Waals surface area contributed by atoms with Crippen molar-refractivity contribution < 1.29 is 23.2 Å². The molecule has 3 heteroatoms. The fourth-order valence-corrected chi connectivity index (χ4v) is 1.79. The van der Waals surface area contributed by atoms with Crippen molar-refractivity contribution in [3.63, 3.8) is 0 Å². The molecular formula is C15H30ClNO. The summed E-state index contributed by atoms with van der Waals surface area (Å²) in [4.78, 5) is 0. The first-order valence-electron chi connectivity index (χ1n) is 6.69. The van der Waals surface area contributed by atoms with Crippen molar-refractivity contribution in [2.45, 2.75) is 71.9 Å². The van der Waals surface area contributed by atoms with Crippen LogP contribution in [0, 0.1) is 0 Å². The smallest absolute Gasteiger partial charge is 0.127 e. The van der Waals surface area contributed by atoms with Gasteiger partial charge in [0.2, 0.25) is 0 Å². The standard InChI is InChI=1S/C15H29NO.ClH/c1-6-15(16,7-2)14(17)11-13(5)10-8-9-12(3)4;/h9,11,14,17H,6-8,10,16H2,1-5H3;1H/b13-11+;. The fourth-order valence-electron chi connectivity index (χ4n) is 1.79. The maximum atomic E-state index is 10.2. The Labute approximate surface area is 119 Å². The third-order valence-electron chi connectivity index (χ3n) is 3.57. The van der Waals surface area contributed by atoms with Crippen LogP contribution in [0.2, 0.25) is 0 Å². The van der Waals surface area contributed by atoms with Gasteiger partial charge >= 0.3 is 0 Å². The quantitative estimate of drug-likeness (QED) is 0.624. The Morgan fingerprint density at radius 2 is 1.72 bits per heavy atom. The van der Waals surface area contributed by atoms with Gasteiger partial charge in [0.1, 0.15) is 11.6 Å². The monoisotopic (exact) mass is 275 g/mol. The summed E-state index contributed by atoms with van der Waals surface area (Å²) in [6.07, 6.45) is 7.68. The zero-order chi connectivity index (χ0) is 13.5. The van der Waals surface area contributed by atoms with Crippen molar-refractivity contribution in [1.29, 1.82) is 0 Å². The molecule has 0 aromatic rings. The van der Waals surface area contributed by atoms with E-state index in [1.165, 1.54) is 11.1 Å². The molecule has 4 N–H and O–H groups in total. The van der Waals surface area contributed by atoms with Crippen molar-refractivity contribution in [2.24, 2.45) is 0 Å². The lowest BCUT2D eigenvalue weighted by Crippen LogP contribution is -3.00. The first-order valence-corrected chi connectivity index (χ1v) is 6.69. The normalized spacial score (nSPS) is 13.8. The molecule has 0 radical (unpaired) electrons. The number of hydrogen-bond donors (Lipinski definition) is 2. The van der Waals surface area contributed by atoms with Gasteiger partial charge < -0.3 is 23.2 Å². The third-order valence-corrected chi connectivity index (χ3v) is 3.57. The van der Waals surface area contributed by atoms with Gasteiger partial charge in [-0.25, -0.2) is 0 Å². The Morgan fingerprint density at radius 1 is 1.22 bits per heavy atom. The summed E-state index contributed by atoms with van der Waals surface area (Å²) >= 11 is 0. The number of quaternary nitrogens is 1. The Kier molecular flexibility index (Phi) is 10.7. The van der Waals surface area contributed by atoms with Crippen molar-refractivity contribution in [1.82, 2.24) is 0 Å². The number of aliphatic hydroxyl groups excluding tert-OH is 1. The van der Waals surface area contributed by atoms with Gasteiger partial charge in [0.15, 0.2) is 0 Å². The third kappa shape index (κ3) is 7.20. The van der Waals surface area contributed by atoms with Gasteiger partial charge in [-0.05, 0) is 33.6 Å². The summed E-state index contributed by atoms with van der Waals surface area (Å²) in [6, 6.07) is 0. The van der Waals surface area contributed by atoms with Crippen molar-refractivity contribution in [3.05, 3.63) is 23.3 Å². The minimum atomic E-state index is -0.427. The summed E-state index contributed by atoms with van der Waals surface area (Å²) in [5.74, 6) is 0. The van der Waals surface area contributed by atoms with Gasteiger partial charge in [0.25, 0.3) is 0 Å². The van der Waals surface area contributed by atoms with Gasteiger partial charge in [0.05, 0.1) is 0 Å². The van der Waals surface area contributed by atoms with Crippen molar-refractivity contribution >= 4 is 0 Å². The maximum Gasteiger partial charge on any atom is 0.127 e. The average Bonchev–Trinajstić information content (AvgIpc) is 2.27. The first kappa shape index (κ1) is 20.0. The molecule has 0 saturated carbocycles. The molecule has 0 saturated heterocycles. The van der Waals surface area contributed by atoms with Crippen LogP contribution in [0.4, 0.5) is 0 Å². The van der Waals surface area contributed by atoms with E-state index in [1.54, 1.807) is 0 Å². The van der Waals surface area contributed by atoms with Crippen LogP contribution in [-0.2, 0) is 0 Å². The lowest BCUT2D eigenvalue weighted by atomic mass is 9.86. The Bertz CT molecular complexity index is 276. The van der Waals surface area contributed by atoms with E-state index in [2.05, 4.69) is 46.4 Å². The number of halogens is 1. The summed E-state index contributed by atoms with van der Waals surface area (Å²) in [5, 5.41) is 10.2. The molecule has 0 bridgehead atoms. The van der Waals surface area contributed by atoms with E-state index in [-0.39, 0.29) is 17.9 Å². The van der Waals surface area contributed by atoms with E-state index in [9.17, 15) is 5.11 Å². The second kappa shape index (κ2) is 9.60. The highest BCUT2D eigenvalue weighted by atomic mass is 35.5. The van der Waals surface area contributed by atoms with E-state index in [1.807, 2.05) is 6.08 Å². The lowest BCUT2D eigenvalue weighted by molar-refractivity contribution is -0.494. The summed E-state index contributed by atoms with van der Waals surface area (Å²) in [6.45, 7) is 10.5. The minimum Gasteiger partial charge on any atom is -1.00 e. The summed E-state index contributed by atoms with van der Waals surface area (Å²) < 4.78 is 0. The van der Waals surface area contributed by atoms with Gasteiger partial charge in [-0.2, -0.15) is 0 Å². The van der Waals surface area contributed by atoms with Gasteiger partial charge in [-0.3, -0.25) is 0 Å². The van der Waals surface area contributed by atoms with Gasteiger partial charge in [-0.15, -0.1) is 0 Å². The van der Waals surface area contributed by atoms with Crippen molar-refractivity contribution in [3.8, 4) is 0 Å². The highest BCUT2D eigenvalue weighted by Gasteiger charge is 2.32. The van der Waals surface area contributed by atoms with E-state index >= 15 is 0 Å². The zero-order valence-corrected chi connectivity index (χ0v) is 13.3. The molecule has 108 valence electrons. The molecule has 0 amide bonds. The predicted octanol–water partition coefficient (Wildman–Crippen LogP) is -0.155. The van der Waals surface area contributed by atoms with Crippen LogP contribution in [0.15, 0.2) is 23.3 Å². The molecule has 0 heterocycles. The van der Waals surface area contributed by atoms with Crippen LogP contribution in [0.25, 0.3) is 0 Å². The SMILES string of the molecule is CCC([NH3+])(CC)C(O)/C=C(\C)CCC=C(C)C.[Cl-]. The van der Waals surface area contributed by atoms with E-state index < -0.39 is 6.10 Å². The van der Waals surface area contributed by atoms with Gasteiger partial charge in [-0.1, -0.05) is 37.1 Å². The molecular weight excluding hydrogens is 246 g/mol. The number of aliphatic hydroxyl groups is 1. The van der Waals surface area contributed by atoms with E-state index in [4.69, 9.17) is 0 Å². The topological polar surface area (TPSA) is 47.9 Å². The molecule has 0 aromatic carbocycles. The second-order valence-corrected chi connectivity index (χ2v) is 5.35. The number of rotatable bonds is 7. The highest BCUT2D eigenvalue weighted by molar-refractivity contribution is 5.08. The molecule has 1 atom stereocenters. The number of hydrogen-bond acceptors (Lipinski definition) is 1. The summed E-state index contributed by atoms with van der Waals surface area (Å²) in [7, 11) is 0.